The number of pyridine rings is 1. The Morgan fingerprint density at radius 1 is 1.43 bits per heavy atom. The van der Waals surface area contributed by atoms with Crippen molar-refractivity contribution >= 4 is 5.52 Å². The van der Waals surface area contributed by atoms with Crippen molar-refractivity contribution in [2.24, 2.45) is 5.73 Å². The molecule has 0 saturated heterocycles. The van der Waals surface area contributed by atoms with Gasteiger partial charge in [-0.15, -0.1) is 0 Å². The van der Waals surface area contributed by atoms with Crippen LogP contribution in [0.15, 0.2) is 24.5 Å². The summed E-state index contributed by atoms with van der Waals surface area (Å²) in [5.41, 5.74) is 6.37. The van der Waals surface area contributed by atoms with Crippen molar-refractivity contribution in [3.8, 4) is 5.75 Å². The molecule has 4 heteroatoms. The molecule has 0 bridgehead atoms. The molecule has 0 saturated carbocycles. The Balaban J connectivity index is 2.73. The molecule has 0 aliphatic heterocycles. The van der Waals surface area contributed by atoms with Gasteiger partial charge in [0.15, 0.2) is 0 Å². The van der Waals surface area contributed by atoms with Crippen LogP contribution >= 0.6 is 0 Å². The van der Waals surface area contributed by atoms with E-state index >= 15 is 0 Å². The first-order valence-corrected chi connectivity index (χ1v) is 4.44. The summed E-state index contributed by atoms with van der Waals surface area (Å²) in [4.78, 5) is 4.23. The summed E-state index contributed by atoms with van der Waals surface area (Å²) in [6, 6.07) is 3.43. The van der Waals surface area contributed by atoms with Gasteiger partial charge in [0.1, 0.15) is 11.6 Å². The van der Waals surface area contributed by atoms with Crippen molar-refractivity contribution in [1.29, 1.82) is 0 Å². The van der Waals surface area contributed by atoms with Crippen molar-refractivity contribution in [3.63, 3.8) is 0 Å². The van der Waals surface area contributed by atoms with Crippen LogP contribution in [0.1, 0.15) is 19.7 Å². The lowest BCUT2D eigenvalue weighted by Gasteiger charge is -2.16. The van der Waals surface area contributed by atoms with Crippen LogP contribution in [0.4, 0.5) is 0 Å². The van der Waals surface area contributed by atoms with E-state index in [0.717, 1.165) is 11.3 Å². The van der Waals surface area contributed by atoms with Crippen LogP contribution in [0.25, 0.3) is 5.52 Å². The van der Waals surface area contributed by atoms with E-state index in [1.807, 2.05) is 13.8 Å². The number of hydrogen-bond acceptors (Lipinski definition) is 3. The molecule has 0 aliphatic rings. The van der Waals surface area contributed by atoms with Gasteiger partial charge in [-0.25, -0.2) is 4.98 Å². The zero-order valence-corrected chi connectivity index (χ0v) is 8.23. The van der Waals surface area contributed by atoms with Crippen LogP contribution in [-0.4, -0.2) is 14.5 Å². The SMILES string of the molecule is CC(C)(N)c1ncc2ccc(O)cn12. The third-order valence-electron chi connectivity index (χ3n) is 2.09. The van der Waals surface area contributed by atoms with Gasteiger partial charge >= 0.3 is 0 Å². The molecule has 0 aliphatic carbocycles. The highest BCUT2D eigenvalue weighted by molar-refractivity contribution is 5.48. The Bertz CT molecular complexity index is 468. The Hall–Kier alpha value is -1.55. The maximum atomic E-state index is 9.35. The predicted molar refractivity (Wildman–Crippen MR) is 54.1 cm³/mol. The average molecular weight is 191 g/mol. The summed E-state index contributed by atoms with van der Waals surface area (Å²) in [5.74, 6) is 0.949. The maximum absolute atomic E-state index is 9.35. The number of rotatable bonds is 1. The van der Waals surface area contributed by atoms with Gasteiger partial charge in [-0.05, 0) is 26.0 Å². The maximum Gasteiger partial charge on any atom is 0.132 e. The van der Waals surface area contributed by atoms with Gasteiger partial charge in [-0.3, -0.25) is 4.40 Å². The van der Waals surface area contributed by atoms with Crippen molar-refractivity contribution in [2.45, 2.75) is 19.4 Å². The van der Waals surface area contributed by atoms with Gasteiger partial charge < -0.3 is 10.8 Å². The van der Waals surface area contributed by atoms with Crippen molar-refractivity contribution in [1.82, 2.24) is 9.38 Å². The van der Waals surface area contributed by atoms with E-state index in [4.69, 9.17) is 5.73 Å². The second-order valence-electron chi connectivity index (χ2n) is 3.99. The van der Waals surface area contributed by atoms with Gasteiger partial charge in [-0.2, -0.15) is 0 Å². The molecule has 2 aromatic rings. The van der Waals surface area contributed by atoms with E-state index in [9.17, 15) is 5.11 Å². The number of fused-ring (bicyclic) bond motifs is 1. The van der Waals surface area contributed by atoms with Gasteiger partial charge in [-0.1, -0.05) is 0 Å². The Morgan fingerprint density at radius 2 is 2.14 bits per heavy atom. The molecule has 0 spiro atoms. The van der Waals surface area contributed by atoms with Gasteiger partial charge in [0, 0.05) is 0 Å². The minimum Gasteiger partial charge on any atom is -0.506 e. The fourth-order valence-electron chi connectivity index (χ4n) is 1.46. The monoisotopic (exact) mass is 191 g/mol. The summed E-state index contributed by atoms with van der Waals surface area (Å²) in [6.45, 7) is 3.76. The second kappa shape index (κ2) is 2.72. The van der Waals surface area contributed by atoms with Gasteiger partial charge in [0.05, 0.1) is 23.4 Å². The third-order valence-corrected chi connectivity index (χ3v) is 2.09. The van der Waals surface area contributed by atoms with E-state index in [-0.39, 0.29) is 5.75 Å². The van der Waals surface area contributed by atoms with Gasteiger partial charge in [0.25, 0.3) is 0 Å². The number of hydrogen-bond donors (Lipinski definition) is 2. The van der Waals surface area contributed by atoms with Crippen molar-refractivity contribution in [3.05, 3.63) is 30.4 Å². The smallest absolute Gasteiger partial charge is 0.132 e. The standard InChI is InChI=1S/C10H13N3O/c1-10(2,11)9-12-5-7-3-4-8(14)6-13(7)9/h3-6,14H,11H2,1-2H3. The molecule has 0 atom stereocenters. The average Bonchev–Trinajstić information content (AvgIpc) is 2.45. The molecule has 14 heavy (non-hydrogen) atoms. The van der Waals surface area contributed by atoms with E-state index in [1.165, 1.54) is 0 Å². The lowest BCUT2D eigenvalue weighted by atomic mass is 10.1. The number of imidazole rings is 1. The highest BCUT2D eigenvalue weighted by Crippen LogP contribution is 2.19. The van der Waals surface area contributed by atoms with Crippen molar-refractivity contribution < 1.29 is 5.11 Å². The fourth-order valence-corrected chi connectivity index (χ4v) is 1.46. The third kappa shape index (κ3) is 1.33. The summed E-state index contributed by atoms with van der Waals surface area (Å²) in [7, 11) is 0. The molecule has 0 fully saturated rings. The minimum absolute atomic E-state index is 0.209. The summed E-state index contributed by atoms with van der Waals surface area (Å²) >= 11 is 0. The first-order valence-electron chi connectivity index (χ1n) is 4.44. The molecule has 0 radical (unpaired) electrons. The summed E-state index contributed by atoms with van der Waals surface area (Å²) in [6.07, 6.45) is 3.36. The zero-order chi connectivity index (χ0) is 10.3. The number of nitrogens with two attached hydrogens (primary N) is 1. The first-order chi connectivity index (χ1) is 6.48. The Morgan fingerprint density at radius 3 is 2.79 bits per heavy atom. The molecular formula is C10H13N3O. The van der Waals surface area contributed by atoms with Crippen LogP contribution < -0.4 is 5.73 Å². The highest BCUT2D eigenvalue weighted by atomic mass is 16.3. The van der Waals surface area contributed by atoms with Crippen LogP contribution in [0, 0.1) is 0 Å². The normalized spacial score (nSPS) is 12.2. The quantitative estimate of drug-likeness (QED) is 0.712. The molecule has 0 amide bonds. The molecule has 3 N–H and O–H groups in total. The molecule has 74 valence electrons. The zero-order valence-electron chi connectivity index (χ0n) is 8.23. The molecule has 4 nitrogen and oxygen atoms in total. The lowest BCUT2D eigenvalue weighted by molar-refractivity contribution is 0.467. The molecule has 2 rings (SSSR count). The second-order valence-corrected chi connectivity index (χ2v) is 3.99. The molecule has 0 unspecified atom stereocenters. The van der Waals surface area contributed by atoms with E-state index in [1.54, 1.807) is 28.9 Å². The molecule has 2 heterocycles. The van der Waals surface area contributed by atoms with Crippen LogP contribution in [0.2, 0.25) is 0 Å². The number of aromatic nitrogens is 2. The topological polar surface area (TPSA) is 63.5 Å². The number of aromatic hydroxyl groups is 1. The largest absolute Gasteiger partial charge is 0.506 e. The Kier molecular flexibility index (Phi) is 1.75. The summed E-state index contributed by atoms with van der Waals surface area (Å²) in [5, 5.41) is 9.35. The van der Waals surface area contributed by atoms with Gasteiger partial charge in [0.2, 0.25) is 0 Å². The van der Waals surface area contributed by atoms with E-state index in [2.05, 4.69) is 4.98 Å². The highest BCUT2D eigenvalue weighted by Gasteiger charge is 2.19. The summed E-state index contributed by atoms with van der Waals surface area (Å²) < 4.78 is 1.80. The molecular weight excluding hydrogens is 178 g/mol. The van der Waals surface area contributed by atoms with Crippen LogP contribution in [-0.2, 0) is 5.54 Å². The van der Waals surface area contributed by atoms with E-state index in [0.29, 0.717) is 0 Å². The van der Waals surface area contributed by atoms with Crippen molar-refractivity contribution in [2.75, 3.05) is 0 Å². The van der Waals surface area contributed by atoms with Crippen LogP contribution in [0.3, 0.4) is 0 Å². The van der Waals surface area contributed by atoms with E-state index < -0.39 is 5.54 Å². The first kappa shape index (κ1) is 9.02. The predicted octanol–water partition coefficient (Wildman–Crippen LogP) is 1.23. The lowest BCUT2D eigenvalue weighted by Crippen LogP contribution is -2.31. The Labute approximate surface area is 82.0 Å². The number of nitrogens with zero attached hydrogens (tertiary/aromatic N) is 2. The molecule has 2 aromatic heterocycles. The fraction of sp³-hybridized carbons (Fsp3) is 0.300. The molecule has 0 aromatic carbocycles. The van der Waals surface area contributed by atoms with Crippen LogP contribution in [0.5, 0.6) is 5.75 Å². The minimum atomic E-state index is -0.514.